The predicted octanol–water partition coefficient (Wildman–Crippen LogP) is 1.81. The highest BCUT2D eigenvalue weighted by molar-refractivity contribution is 6.17. The zero-order chi connectivity index (χ0) is 15.6. The largest absolute Gasteiger partial charge is 0.457 e. The van der Waals surface area contributed by atoms with Gasteiger partial charge in [0.15, 0.2) is 0 Å². The van der Waals surface area contributed by atoms with Crippen LogP contribution in [0, 0.1) is 0 Å². The van der Waals surface area contributed by atoms with Crippen LogP contribution in [0.5, 0.6) is 11.5 Å². The van der Waals surface area contributed by atoms with Crippen molar-refractivity contribution in [3.63, 3.8) is 0 Å². The van der Waals surface area contributed by atoms with Crippen molar-refractivity contribution in [3.05, 3.63) is 72.1 Å². The van der Waals surface area contributed by atoms with Crippen molar-refractivity contribution >= 4 is 17.3 Å². The van der Waals surface area contributed by atoms with E-state index in [-0.39, 0.29) is 0 Å². The Morgan fingerprint density at radius 2 is 1.61 bits per heavy atom. The third-order valence-corrected chi connectivity index (χ3v) is 3.57. The van der Waals surface area contributed by atoms with E-state index in [9.17, 15) is 0 Å². The number of rotatable bonds is 3. The molecule has 0 unspecified atom stereocenters. The van der Waals surface area contributed by atoms with Gasteiger partial charge in [0.05, 0.1) is 0 Å². The second kappa shape index (κ2) is 5.51. The van der Waals surface area contributed by atoms with Crippen LogP contribution >= 0.6 is 0 Å². The predicted molar refractivity (Wildman–Crippen MR) is 86.6 cm³/mol. The monoisotopic (exact) mass is 304 g/mol. The Morgan fingerprint density at radius 1 is 0.870 bits per heavy atom. The molecule has 1 aliphatic rings. The van der Waals surface area contributed by atoms with Gasteiger partial charge in [0.25, 0.3) is 5.82 Å². The van der Waals surface area contributed by atoms with E-state index in [2.05, 4.69) is 15.1 Å². The third-order valence-electron chi connectivity index (χ3n) is 3.57. The maximum atomic E-state index is 5.96. The minimum Gasteiger partial charge on any atom is -0.457 e. The smallest absolute Gasteiger partial charge is 0.265 e. The Balaban J connectivity index is 1.61. The first-order valence-corrected chi connectivity index (χ1v) is 7.16. The molecule has 0 bridgehead atoms. The van der Waals surface area contributed by atoms with Gasteiger partial charge in [-0.05, 0) is 36.4 Å². The van der Waals surface area contributed by atoms with Crippen LogP contribution in [0.15, 0.2) is 66.0 Å². The van der Waals surface area contributed by atoms with Gasteiger partial charge in [0.1, 0.15) is 34.9 Å². The number of nitrogens with two attached hydrogens (primary N) is 2. The van der Waals surface area contributed by atoms with Gasteiger partial charge in [-0.3, -0.25) is 0 Å². The summed E-state index contributed by atoms with van der Waals surface area (Å²) in [6.45, 7) is 0. The lowest BCUT2D eigenvalue weighted by atomic mass is 10.0. The van der Waals surface area contributed by atoms with E-state index in [0.29, 0.717) is 5.82 Å². The Kier molecular flexibility index (Phi) is 3.21. The lowest BCUT2D eigenvalue weighted by Gasteiger charge is -2.06. The number of benzene rings is 2. The Morgan fingerprint density at radius 3 is 2.39 bits per heavy atom. The molecule has 0 atom stereocenters. The standard InChI is InChI=1S/C17H13N5O/c18-16-14-15(21-22-17(14)20-10-19-16)11-6-8-13(9-7-11)23-12-4-2-1-3-5-12/h1-10H,(H3,18,19,20,21,22)/p+1. The van der Waals surface area contributed by atoms with E-state index in [1.807, 2.05) is 54.6 Å². The minimum atomic E-state index is 0.437. The van der Waals surface area contributed by atoms with Gasteiger partial charge in [-0.25, -0.2) is 4.98 Å². The first-order valence-electron chi connectivity index (χ1n) is 7.16. The van der Waals surface area contributed by atoms with Crippen LogP contribution < -0.4 is 15.9 Å². The Hall–Kier alpha value is -3.25. The first kappa shape index (κ1) is 13.4. The van der Waals surface area contributed by atoms with Crippen LogP contribution in [-0.4, -0.2) is 15.7 Å². The fourth-order valence-electron chi connectivity index (χ4n) is 2.47. The topological polar surface area (TPSA) is 90.0 Å². The van der Waals surface area contributed by atoms with Crippen molar-refractivity contribution < 1.29 is 10.2 Å². The first-order chi connectivity index (χ1) is 11.3. The summed E-state index contributed by atoms with van der Waals surface area (Å²) in [5.74, 6) is 2.75. The molecule has 23 heavy (non-hydrogen) atoms. The summed E-state index contributed by atoms with van der Waals surface area (Å²) in [5.41, 5.74) is 10.2. The van der Waals surface area contributed by atoms with Gasteiger partial charge in [-0.1, -0.05) is 23.3 Å². The van der Waals surface area contributed by atoms with Gasteiger partial charge in [0.2, 0.25) is 0 Å². The van der Waals surface area contributed by atoms with E-state index >= 15 is 0 Å². The van der Waals surface area contributed by atoms with Crippen molar-refractivity contribution in [1.29, 1.82) is 0 Å². The number of ether oxygens (including phenoxy) is 1. The maximum Gasteiger partial charge on any atom is 0.265 e. The van der Waals surface area contributed by atoms with Crippen LogP contribution in [-0.2, 0) is 0 Å². The number of anilines is 1. The molecule has 0 amide bonds. The molecule has 6 heteroatoms. The summed E-state index contributed by atoms with van der Waals surface area (Å²) >= 11 is 0. The molecule has 2 heterocycles. The highest BCUT2D eigenvalue weighted by Crippen LogP contribution is 2.25. The Labute approximate surface area is 132 Å². The lowest BCUT2D eigenvalue weighted by Crippen LogP contribution is -2.70. The number of nitrogen functional groups attached to an aromatic ring is 1. The van der Waals surface area contributed by atoms with Gasteiger partial charge in [-0.2, -0.15) is 10.4 Å². The molecule has 0 fully saturated rings. The normalized spacial score (nSPS) is 12.6. The van der Waals surface area contributed by atoms with Gasteiger partial charge in [-0.15, -0.1) is 0 Å². The van der Waals surface area contributed by atoms with Crippen molar-refractivity contribution in [1.82, 2.24) is 9.97 Å². The molecule has 1 aromatic heterocycles. The summed E-state index contributed by atoms with van der Waals surface area (Å²) in [6.07, 6.45) is 1.44. The molecular formula is C17H14N5O+. The number of hydrogen-bond acceptors (Lipinski definition) is 5. The molecule has 0 saturated heterocycles. The van der Waals surface area contributed by atoms with Gasteiger partial charge < -0.3 is 10.5 Å². The van der Waals surface area contributed by atoms with E-state index in [1.165, 1.54) is 6.33 Å². The summed E-state index contributed by atoms with van der Waals surface area (Å²) in [5, 5.41) is 4.42. The van der Waals surface area contributed by atoms with Crippen molar-refractivity contribution in [3.8, 4) is 11.5 Å². The fourth-order valence-corrected chi connectivity index (χ4v) is 2.47. The van der Waals surface area contributed by atoms with Crippen LogP contribution in [0.25, 0.3) is 0 Å². The average Bonchev–Trinajstić information content (AvgIpc) is 3.02. The molecule has 1 aliphatic heterocycles. The van der Waals surface area contributed by atoms with E-state index < -0.39 is 0 Å². The van der Waals surface area contributed by atoms with E-state index in [4.69, 9.17) is 10.5 Å². The SMILES string of the molecule is Nc1ncnc2c1C(c1ccc(Oc3ccccc3)cc1)=N[NH2+]2. The molecule has 2 aromatic carbocycles. The summed E-state index contributed by atoms with van der Waals surface area (Å²) in [6, 6.07) is 17.4. The molecule has 4 rings (SSSR count). The third kappa shape index (κ3) is 2.51. The fraction of sp³-hybridized carbons (Fsp3) is 0. The van der Waals surface area contributed by atoms with Crippen LogP contribution in [0.1, 0.15) is 11.1 Å². The summed E-state index contributed by atoms with van der Waals surface area (Å²) in [7, 11) is 0. The number of aromatic nitrogens is 2. The van der Waals surface area contributed by atoms with Crippen molar-refractivity contribution in [2.24, 2.45) is 5.10 Å². The van der Waals surface area contributed by atoms with Crippen molar-refractivity contribution in [2.75, 3.05) is 5.73 Å². The molecule has 0 radical (unpaired) electrons. The Bertz CT molecular complexity index is 875. The second-order valence-corrected chi connectivity index (χ2v) is 5.07. The number of nitrogens with zero attached hydrogens (tertiary/aromatic N) is 3. The van der Waals surface area contributed by atoms with Crippen LogP contribution in [0.3, 0.4) is 0 Å². The number of quaternary nitrogens is 1. The summed E-state index contributed by atoms with van der Waals surface area (Å²) < 4.78 is 5.79. The molecule has 6 nitrogen and oxygen atoms in total. The zero-order valence-corrected chi connectivity index (χ0v) is 12.2. The number of hydrogen-bond donors (Lipinski definition) is 2. The number of fused-ring (bicyclic) bond motifs is 1. The molecule has 112 valence electrons. The van der Waals surface area contributed by atoms with Crippen molar-refractivity contribution in [2.45, 2.75) is 0 Å². The highest BCUT2D eigenvalue weighted by atomic mass is 16.5. The summed E-state index contributed by atoms with van der Waals surface area (Å²) in [4.78, 5) is 8.22. The molecule has 0 spiro atoms. The molecule has 3 aromatic rings. The van der Waals surface area contributed by atoms with Gasteiger partial charge >= 0.3 is 0 Å². The molecule has 0 saturated carbocycles. The molecule has 4 N–H and O–H groups in total. The number of para-hydroxylation sites is 1. The quantitative estimate of drug-likeness (QED) is 0.722. The van der Waals surface area contributed by atoms with Crippen LogP contribution in [0.2, 0.25) is 0 Å². The van der Waals surface area contributed by atoms with Gasteiger partial charge in [0, 0.05) is 5.56 Å². The van der Waals surface area contributed by atoms with E-state index in [0.717, 1.165) is 34.2 Å². The second-order valence-electron chi connectivity index (χ2n) is 5.07. The molecule has 0 aliphatic carbocycles. The minimum absolute atomic E-state index is 0.437. The van der Waals surface area contributed by atoms with E-state index in [1.54, 1.807) is 5.43 Å². The average molecular weight is 304 g/mol. The van der Waals surface area contributed by atoms with Crippen LogP contribution in [0.4, 0.5) is 11.6 Å². The molecular weight excluding hydrogens is 290 g/mol. The lowest BCUT2D eigenvalue weighted by molar-refractivity contribution is -0.577. The zero-order valence-electron chi connectivity index (χ0n) is 12.2. The highest BCUT2D eigenvalue weighted by Gasteiger charge is 2.27. The maximum absolute atomic E-state index is 5.96.